The highest BCUT2D eigenvalue weighted by Crippen LogP contribution is 2.38. The van der Waals surface area contributed by atoms with Crippen molar-refractivity contribution in [1.29, 1.82) is 0 Å². The summed E-state index contributed by atoms with van der Waals surface area (Å²) < 4.78 is 0. The summed E-state index contributed by atoms with van der Waals surface area (Å²) in [6.45, 7) is 6.04. The maximum absolute atomic E-state index is 6.04. The summed E-state index contributed by atoms with van der Waals surface area (Å²) in [6, 6.07) is 6.54. The maximum atomic E-state index is 6.04. The van der Waals surface area contributed by atoms with Gasteiger partial charge in [0, 0.05) is 29.4 Å². The second-order valence-corrected chi connectivity index (χ2v) is 7.56. The zero-order valence-corrected chi connectivity index (χ0v) is 15.5. The number of benzene rings is 1. The van der Waals surface area contributed by atoms with Gasteiger partial charge >= 0.3 is 0 Å². The molecule has 3 aromatic rings. The number of piperazine rings is 1. The third-order valence-corrected chi connectivity index (χ3v) is 5.79. The quantitative estimate of drug-likeness (QED) is 0.694. The second-order valence-electron chi connectivity index (χ2n) is 7.12. The van der Waals surface area contributed by atoms with E-state index in [2.05, 4.69) is 31.7 Å². The number of rotatable bonds is 2. The number of anilines is 2. The topological polar surface area (TPSA) is 58.0 Å². The van der Waals surface area contributed by atoms with Crippen molar-refractivity contribution in [2.45, 2.75) is 32.4 Å². The van der Waals surface area contributed by atoms with Gasteiger partial charge in [-0.15, -0.1) is 0 Å². The lowest BCUT2D eigenvalue weighted by Gasteiger charge is -2.57. The van der Waals surface area contributed by atoms with Crippen LogP contribution in [0.5, 0.6) is 0 Å². The van der Waals surface area contributed by atoms with Crippen LogP contribution in [0.15, 0.2) is 30.7 Å². The average Bonchev–Trinajstić information content (AvgIpc) is 2.64. The molecule has 0 saturated carbocycles. The monoisotopic (exact) mass is 366 g/mol. The zero-order chi connectivity index (χ0) is 17.8. The van der Waals surface area contributed by atoms with Gasteiger partial charge in [0.2, 0.25) is 0 Å². The lowest BCUT2D eigenvalue weighted by molar-refractivity contribution is 0.287. The van der Waals surface area contributed by atoms with E-state index in [1.54, 1.807) is 6.33 Å². The Labute approximate surface area is 156 Å². The Balaban J connectivity index is 1.41. The smallest absolute Gasteiger partial charge is 0.148 e. The molecule has 5 heterocycles. The van der Waals surface area contributed by atoms with E-state index in [4.69, 9.17) is 16.6 Å². The molecule has 132 valence electrons. The van der Waals surface area contributed by atoms with Crippen LogP contribution in [-0.4, -0.2) is 45.1 Å². The van der Waals surface area contributed by atoms with Crippen molar-refractivity contribution in [2.24, 2.45) is 0 Å². The van der Waals surface area contributed by atoms with Gasteiger partial charge in [0.15, 0.2) is 0 Å². The summed E-state index contributed by atoms with van der Waals surface area (Å²) >= 11 is 6.04. The van der Waals surface area contributed by atoms with E-state index < -0.39 is 0 Å². The Bertz CT molecular complexity index is 994. The van der Waals surface area contributed by atoms with E-state index in [0.717, 1.165) is 41.5 Å². The van der Waals surface area contributed by atoms with Gasteiger partial charge in [-0.2, -0.15) is 0 Å². The first kappa shape index (κ1) is 15.8. The van der Waals surface area contributed by atoms with E-state index in [0.29, 0.717) is 17.1 Å². The molecule has 3 aliphatic heterocycles. The highest BCUT2D eigenvalue weighted by atomic mass is 35.5. The first-order valence-corrected chi connectivity index (χ1v) is 9.22. The first-order valence-electron chi connectivity index (χ1n) is 8.84. The number of aromatic nitrogens is 4. The molecule has 2 unspecified atom stereocenters. The van der Waals surface area contributed by atoms with Gasteiger partial charge in [0.25, 0.3) is 0 Å². The number of aryl methyl sites for hydroxylation is 1. The minimum Gasteiger partial charge on any atom is -0.352 e. The van der Waals surface area contributed by atoms with Crippen LogP contribution in [0.25, 0.3) is 11.0 Å². The molecule has 0 N–H and O–H groups in total. The molecule has 1 aromatic carbocycles. The molecular weight excluding hydrogens is 348 g/mol. The van der Waals surface area contributed by atoms with E-state index in [1.165, 1.54) is 12.0 Å². The zero-order valence-electron chi connectivity index (χ0n) is 14.7. The molecule has 0 spiro atoms. The fraction of sp³-hybridized carbons (Fsp3) is 0.368. The lowest BCUT2D eigenvalue weighted by atomic mass is 9.87. The highest BCUT2D eigenvalue weighted by molar-refractivity contribution is 6.31. The predicted octanol–water partition coefficient (Wildman–Crippen LogP) is 3.16. The molecule has 2 aromatic heterocycles. The molecule has 26 heavy (non-hydrogen) atoms. The van der Waals surface area contributed by atoms with Crippen LogP contribution >= 0.6 is 11.6 Å². The van der Waals surface area contributed by atoms with Gasteiger partial charge in [-0.3, -0.25) is 4.98 Å². The minimum atomic E-state index is 0.447. The molecule has 6 rings (SSSR count). The fourth-order valence-electron chi connectivity index (χ4n) is 4.10. The van der Waals surface area contributed by atoms with Gasteiger partial charge in [0.05, 0.1) is 29.3 Å². The van der Waals surface area contributed by atoms with Crippen molar-refractivity contribution >= 4 is 34.3 Å². The standard InChI is InChI=1S/C19H19ClN6/c1-11-12(2)22-10-23-19(11)25-8-14-6-15(9-25)26(14)18-7-21-17-5-13(20)3-4-16(17)24-18/h3-5,7,10,14-15H,6,8-9H2,1-2H3. The Morgan fingerprint density at radius 3 is 2.65 bits per heavy atom. The van der Waals surface area contributed by atoms with Crippen molar-refractivity contribution in [1.82, 2.24) is 19.9 Å². The molecule has 7 heteroatoms. The normalized spacial score (nSPS) is 21.8. The maximum Gasteiger partial charge on any atom is 0.148 e. The van der Waals surface area contributed by atoms with Gasteiger partial charge in [-0.05, 0) is 38.5 Å². The van der Waals surface area contributed by atoms with Gasteiger partial charge < -0.3 is 9.80 Å². The van der Waals surface area contributed by atoms with Crippen molar-refractivity contribution in [3.05, 3.63) is 47.0 Å². The number of fused-ring (bicyclic) bond motifs is 3. The lowest BCUT2D eigenvalue weighted by Crippen LogP contribution is -2.69. The molecule has 3 fully saturated rings. The van der Waals surface area contributed by atoms with E-state index in [1.807, 2.05) is 31.3 Å². The molecule has 2 atom stereocenters. The molecule has 3 saturated heterocycles. The summed E-state index contributed by atoms with van der Waals surface area (Å²) in [5.41, 5.74) is 3.93. The highest BCUT2D eigenvalue weighted by Gasteiger charge is 2.46. The largest absolute Gasteiger partial charge is 0.352 e. The Hall–Kier alpha value is -2.47. The summed E-state index contributed by atoms with van der Waals surface area (Å²) in [6.07, 6.45) is 4.73. The van der Waals surface area contributed by atoms with Crippen molar-refractivity contribution in [3.8, 4) is 0 Å². The summed E-state index contributed by atoms with van der Waals surface area (Å²) in [7, 11) is 0. The average molecular weight is 367 g/mol. The number of piperidine rings is 1. The molecular formula is C19H19ClN6. The van der Waals surface area contributed by atoms with Gasteiger partial charge in [-0.25, -0.2) is 15.0 Å². The number of nitrogens with zero attached hydrogens (tertiary/aromatic N) is 6. The van der Waals surface area contributed by atoms with Crippen molar-refractivity contribution in [3.63, 3.8) is 0 Å². The second kappa shape index (κ2) is 5.77. The first-order chi connectivity index (χ1) is 12.6. The van der Waals surface area contributed by atoms with Gasteiger partial charge in [0.1, 0.15) is 18.0 Å². The van der Waals surface area contributed by atoms with E-state index >= 15 is 0 Å². The summed E-state index contributed by atoms with van der Waals surface area (Å²) in [5, 5.41) is 0.687. The SMILES string of the molecule is Cc1ncnc(N2CC3CC(C2)N3c2cnc3cc(Cl)ccc3n2)c1C. The van der Waals surface area contributed by atoms with Crippen LogP contribution < -0.4 is 9.80 Å². The third-order valence-electron chi connectivity index (χ3n) is 5.56. The summed E-state index contributed by atoms with van der Waals surface area (Å²) in [5.74, 6) is 2.02. The molecule has 2 bridgehead atoms. The Morgan fingerprint density at radius 2 is 1.85 bits per heavy atom. The van der Waals surface area contributed by atoms with Crippen LogP contribution in [0.4, 0.5) is 11.6 Å². The van der Waals surface area contributed by atoms with Gasteiger partial charge in [-0.1, -0.05) is 11.6 Å². The Morgan fingerprint density at radius 1 is 1.04 bits per heavy atom. The number of hydrogen-bond donors (Lipinski definition) is 0. The molecule has 0 amide bonds. The van der Waals surface area contributed by atoms with Crippen LogP contribution in [-0.2, 0) is 0 Å². The van der Waals surface area contributed by atoms with Crippen LogP contribution in [0.3, 0.4) is 0 Å². The number of hydrogen-bond acceptors (Lipinski definition) is 6. The summed E-state index contributed by atoms with van der Waals surface area (Å²) in [4.78, 5) is 23.0. The van der Waals surface area contributed by atoms with Crippen LogP contribution in [0.2, 0.25) is 5.02 Å². The van der Waals surface area contributed by atoms with Crippen molar-refractivity contribution in [2.75, 3.05) is 22.9 Å². The minimum absolute atomic E-state index is 0.447. The van der Waals surface area contributed by atoms with Crippen LogP contribution in [0.1, 0.15) is 17.7 Å². The van der Waals surface area contributed by atoms with Crippen molar-refractivity contribution < 1.29 is 0 Å². The molecule has 6 nitrogen and oxygen atoms in total. The fourth-order valence-corrected chi connectivity index (χ4v) is 4.27. The molecule has 0 aliphatic carbocycles. The van der Waals surface area contributed by atoms with E-state index in [9.17, 15) is 0 Å². The third kappa shape index (κ3) is 2.40. The van der Waals surface area contributed by atoms with Crippen LogP contribution in [0, 0.1) is 13.8 Å². The predicted molar refractivity (Wildman–Crippen MR) is 103 cm³/mol. The molecule has 0 radical (unpaired) electrons. The Kier molecular flexibility index (Phi) is 3.50. The number of halogens is 1. The molecule has 3 aliphatic rings. The van der Waals surface area contributed by atoms with E-state index in [-0.39, 0.29) is 0 Å².